The Morgan fingerprint density at radius 1 is 1.60 bits per heavy atom. The van der Waals surface area contributed by atoms with E-state index in [0.29, 0.717) is 16.6 Å². The number of nitrogens with zero attached hydrogens (tertiary/aromatic N) is 1. The van der Waals surface area contributed by atoms with Crippen LogP contribution < -0.4 is 5.73 Å². The van der Waals surface area contributed by atoms with E-state index in [1.807, 2.05) is 0 Å². The number of carbonyl (C=O) groups is 1. The molecule has 15 heavy (non-hydrogen) atoms. The highest BCUT2D eigenvalue weighted by atomic mass is 79.9. The minimum absolute atomic E-state index is 0.121. The Morgan fingerprint density at radius 2 is 2.27 bits per heavy atom. The molecule has 1 amide bonds. The first-order chi connectivity index (χ1) is 6.99. The Hall–Kier alpha value is -0.940. The Morgan fingerprint density at radius 3 is 2.80 bits per heavy atom. The number of hydrogen-bond donors (Lipinski definition) is 1. The van der Waals surface area contributed by atoms with Crippen LogP contribution in [0.15, 0.2) is 22.7 Å². The van der Waals surface area contributed by atoms with Crippen LogP contribution in [0.2, 0.25) is 0 Å². The average molecular weight is 275 g/mol. The van der Waals surface area contributed by atoms with Gasteiger partial charge in [-0.25, -0.2) is 4.39 Å². The molecule has 0 aromatic heterocycles. The van der Waals surface area contributed by atoms with Crippen LogP contribution in [0.3, 0.4) is 0 Å². The summed E-state index contributed by atoms with van der Waals surface area (Å²) in [5.74, 6) is -0.712. The summed E-state index contributed by atoms with van der Waals surface area (Å²) in [7, 11) is 1.71. The van der Waals surface area contributed by atoms with Crippen molar-refractivity contribution in [1.82, 2.24) is 4.90 Å². The van der Waals surface area contributed by atoms with Crippen molar-refractivity contribution in [2.75, 3.05) is 13.6 Å². The van der Waals surface area contributed by atoms with Gasteiger partial charge in [-0.1, -0.05) is 22.0 Å². The zero-order chi connectivity index (χ0) is 11.4. The number of halogens is 2. The van der Waals surface area contributed by atoms with Crippen LogP contribution in [0.5, 0.6) is 0 Å². The Bertz CT molecular complexity index is 370. The maximum absolute atomic E-state index is 13.4. The van der Waals surface area contributed by atoms with Crippen LogP contribution in [0, 0.1) is 5.82 Å². The van der Waals surface area contributed by atoms with Crippen LogP contribution in [0.4, 0.5) is 4.39 Å². The molecule has 0 aliphatic carbocycles. The van der Waals surface area contributed by atoms with E-state index in [2.05, 4.69) is 15.9 Å². The average Bonchev–Trinajstić information content (AvgIpc) is 2.08. The fourth-order valence-electron chi connectivity index (χ4n) is 1.26. The molecule has 0 fully saturated rings. The lowest BCUT2D eigenvalue weighted by Gasteiger charge is -2.14. The van der Waals surface area contributed by atoms with Gasteiger partial charge in [0.25, 0.3) is 0 Å². The second kappa shape index (κ2) is 5.23. The number of rotatable bonds is 4. The van der Waals surface area contributed by atoms with Gasteiger partial charge in [0.15, 0.2) is 0 Å². The van der Waals surface area contributed by atoms with Gasteiger partial charge in [0.2, 0.25) is 5.91 Å². The van der Waals surface area contributed by atoms with Crippen molar-refractivity contribution in [3.05, 3.63) is 34.1 Å². The normalized spacial score (nSPS) is 10.7. The Kier molecular flexibility index (Phi) is 4.23. The first kappa shape index (κ1) is 12.1. The molecule has 1 aromatic carbocycles. The van der Waals surface area contributed by atoms with Crippen molar-refractivity contribution in [2.24, 2.45) is 5.73 Å². The molecule has 1 rings (SSSR count). The SMILES string of the molecule is CN(CC(N)=O)Cc1ccc(Br)cc1F. The van der Waals surface area contributed by atoms with Crippen LogP contribution in [-0.2, 0) is 11.3 Å². The van der Waals surface area contributed by atoms with Gasteiger partial charge in [-0.15, -0.1) is 0 Å². The highest BCUT2D eigenvalue weighted by molar-refractivity contribution is 9.10. The molecule has 5 heteroatoms. The van der Waals surface area contributed by atoms with Gasteiger partial charge >= 0.3 is 0 Å². The molecule has 0 spiro atoms. The maximum Gasteiger partial charge on any atom is 0.231 e. The summed E-state index contributed by atoms with van der Waals surface area (Å²) < 4.78 is 14.1. The number of amides is 1. The highest BCUT2D eigenvalue weighted by Gasteiger charge is 2.07. The molecule has 3 nitrogen and oxygen atoms in total. The molecular weight excluding hydrogens is 263 g/mol. The molecule has 1 aromatic rings. The highest BCUT2D eigenvalue weighted by Crippen LogP contribution is 2.16. The molecule has 0 heterocycles. The Labute approximate surface area is 96.2 Å². The molecule has 0 bridgehead atoms. The van der Waals surface area contributed by atoms with E-state index in [-0.39, 0.29) is 12.4 Å². The van der Waals surface area contributed by atoms with E-state index in [9.17, 15) is 9.18 Å². The number of benzene rings is 1. The fourth-order valence-corrected chi connectivity index (χ4v) is 1.60. The number of nitrogens with two attached hydrogens (primary N) is 1. The molecular formula is C10H12BrFN2O. The zero-order valence-corrected chi connectivity index (χ0v) is 9.92. The predicted molar refractivity (Wildman–Crippen MR) is 59.6 cm³/mol. The van der Waals surface area contributed by atoms with Crippen LogP contribution in [-0.4, -0.2) is 24.4 Å². The molecule has 0 saturated carbocycles. The largest absolute Gasteiger partial charge is 0.369 e. The second-order valence-corrected chi connectivity index (χ2v) is 4.29. The summed E-state index contributed by atoms with van der Waals surface area (Å²) in [6.45, 7) is 0.484. The standard InChI is InChI=1S/C10H12BrFN2O/c1-14(6-10(13)15)5-7-2-3-8(11)4-9(7)12/h2-4H,5-6H2,1H3,(H2,13,15). The van der Waals surface area contributed by atoms with Gasteiger partial charge in [-0.05, 0) is 19.2 Å². The van der Waals surface area contributed by atoms with Gasteiger partial charge in [-0.2, -0.15) is 0 Å². The van der Waals surface area contributed by atoms with Crippen molar-refractivity contribution in [3.8, 4) is 0 Å². The summed E-state index contributed by atoms with van der Waals surface area (Å²) in [5.41, 5.74) is 5.57. The molecule has 0 aliphatic heterocycles. The Balaban J connectivity index is 2.68. The van der Waals surface area contributed by atoms with Crippen molar-refractivity contribution in [2.45, 2.75) is 6.54 Å². The molecule has 2 N–H and O–H groups in total. The summed E-state index contributed by atoms with van der Waals surface area (Å²) in [6, 6.07) is 4.83. The number of likely N-dealkylation sites (N-methyl/N-ethyl adjacent to an activating group) is 1. The fraction of sp³-hybridized carbons (Fsp3) is 0.300. The first-order valence-corrected chi connectivity index (χ1v) is 5.19. The van der Waals surface area contributed by atoms with Crippen molar-refractivity contribution in [1.29, 1.82) is 0 Å². The lowest BCUT2D eigenvalue weighted by atomic mass is 10.2. The number of hydrogen-bond acceptors (Lipinski definition) is 2. The first-order valence-electron chi connectivity index (χ1n) is 4.40. The third kappa shape index (κ3) is 3.97. The van der Waals surface area contributed by atoms with Crippen molar-refractivity contribution >= 4 is 21.8 Å². The molecule has 0 radical (unpaired) electrons. The van der Waals surface area contributed by atoms with Gasteiger partial charge in [0.05, 0.1) is 6.54 Å². The van der Waals surface area contributed by atoms with E-state index in [1.54, 1.807) is 24.1 Å². The molecule has 82 valence electrons. The third-order valence-electron chi connectivity index (χ3n) is 1.88. The van der Waals surface area contributed by atoms with Crippen molar-refractivity contribution in [3.63, 3.8) is 0 Å². The zero-order valence-electron chi connectivity index (χ0n) is 8.34. The summed E-state index contributed by atoms with van der Waals surface area (Å²) in [6.07, 6.45) is 0. The lowest BCUT2D eigenvalue weighted by Crippen LogP contribution is -2.30. The van der Waals surface area contributed by atoms with Gasteiger partial charge < -0.3 is 5.73 Å². The molecule has 0 atom stereocenters. The van der Waals surface area contributed by atoms with E-state index in [1.165, 1.54) is 6.07 Å². The smallest absolute Gasteiger partial charge is 0.231 e. The molecule has 0 unspecified atom stereocenters. The third-order valence-corrected chi connectivity index (χ3v) is 2.37. The topological polar surface area (TPSA) is 46.3 Å². The van der Waals surface area contributed by atoms with Gasteiger partial charge in [-0.3, -0.25) is 9.69 Å². The van der Waals surface area contributed by atoms with Crippen LogP contribution in [0.1, 0.15) is 5.56 Å². The predicted octanol–water partition coefficient (Wildman–Crippen LogP) is 1.51. The van der Waals surface area contributed by atoms with Gasteiger partial charge in [0, 0.05) is 16.6 Å². The van der Waals surface area contributed by atoms with Crippen LogP contribution >= 0.6 is 15.9 Å². The van der Waals surface area contributed by atoms with Crippen LogP contribution in [0.25, 0.3) is 0 Å². The quantitative estimate of drug-likeness (QED) is 0.905. The van der Waals surface area contributed by atoms with Crippen molar-refractivity contribution < 1.29 is 9.18 Å². The van der Waals surface area contributed by atoms with Gasteiger partial charge in [0.1, 0.15) is 5.82 Å². The molecule has 0 saturated heterocycles. The number of primary amides is 1. The second-order valence-electron chi connectivity index (χ2n) is 3.37. The van der Waals surface area contributed by atoms with E-state index >= 15 is 0 Å². The summed E-state index contributed by atoms with van der Waals surface area (Å²) >= 11 is 3.18. The lowest BCUT2D eigenvalue weighted by molar-refractivity contribution is -0.118. The minimum atomic E-state index is -0.421. The van der Waals surface area contributed by atoms with E-state index in [0.717, 1.165) is 0 Å². The maximum atomic E-state index is 13.4. The minimum Gasteiger partial charge on any atom is -0.369 e. The summed E-state index contributed by atoms with van der Waals surface area (Å²) in [4.78, 5) is 12.3. The van der Waals surface area contributed by atoms with E-state index < -0.39 is 5.91 Å². The summed E-state index contributed by atoms with van der Waals surface area (Å²) in [5, 5.41) is 0. The van der Waals surface area contributed by atoms with E-state index in [4.69, 9.17) is 5.73 Å². The number of carbonyl (C=O) groups excluding carboxylic acids is 1. The molecule has 0 aliphatic rings. The monoisotopic (exact) mass is 274 g/mol.